The lowest BCUT2D eigenvalue weighted by atomic mass is 10.0. The van der Waals surface area contributed by atoms with Gasteiger partial charge in [0.05, 0.1) is 12.8 Å². The number of rotatable bonds is 37. The number of hydroxylamine groups is 2. The van der Waals surface area contributed by atoms with Crippen LogP contribution >= 0.6 is 0 Å². The normalized spacial score (nSPS) is 13.3. The first-order valence-corrected chi connectivity index (χ1v) is 21.8. The molecule has 1 aliphatic heterocycles. The van der Waals surface area contributed by atoms with Crippen molar-refractivity contribution in [1.29, 1.82) is 0 Å². The number of ether oxygens (including phenoxy) is 3. The van der Waals surface area contributed by atoms with E-state index >= 15 is 0 Å². The van der Waals surface area contributed by atoms with E-state index in [1.54, 1.807) is 0 Å². The third-order valence-electron chi connectivity index (χ3n) is 9.86. The number of amides is 2. The Bertz CT molecular complexity index is 1020. The van der Waals surface area contributed by atoms with Gasteiger partial charge in [0.25, 0.3) is 11.8 Å². The second-order valence-corrected chi connectivity index (χ2v) is 15.0. The third-order valence-corrected chi connectivity index (χ3v) is 9.86. The Morgan fingerprint density at radius 1 is 0.444 bits per heavy atom. The van der Waals surface area contributed by atoms with Crippen molar-refractivity contribution in [2.45, 2.75) is 225 Å². The van der Waals surface area contributed by atoms with Gasteiger partial charge in [-0.25, -0.2) is 4.79 Å². The summed E-state index contributed by atoms with van der Waals surface area (Å²) < 4.78 is 16.2. The molecule has 0 spiro atoms. The van der Waals surface area contributed by atoms with E-state index < -0.39 is 48.2 Å². The first kappa shape index (κ1) is 49.0. The molecule has 312 valence electrons. The number of carbonyl (C=O) groups is 6. The van der Waals surface area contributed by atoms with Crippen molar-refractivity contribution < 1.29 is 47.8 Å². The van der Waals surface area contributed by atoms with E-state index in [1.165, 1.54) is 122 Å². The van der Waals surface area contributed by atoms with E-state index in [0.717, 1.165) is 38.5 Å². The standard InChI is InChI=1S/C43H75NO10/c1-3-5-7-9-11-13-15-17-19-21-23-25-27-29-40(47)51-35-37(36-52-41(48)33-34-43(50)54-44-38(45)31-32-39(44)46)53-42(49)30-28-26-24-22-20-18-16-14-12-10-8-6-4-2/h37H,3-36H2,1-2H3/t37-/m1/s1. The molecule has 1 rings (SSSR count). The fraction of sp³-hybridized carbons (Fsp3) is 0.860. The van der Waals surface area contributed by atoms with Gasteiger partial charge in [0, 0.05) is 25.7 Å². The van der Waals surface area contributed by atoms with Gasteiger partial charge in [-0.1, -0.05) is 168 Å². The molecule has 0 aromatic heterocycles. The van der Waals surface area contributed by atoms with Crippen molar-refractivity contribution >= 4 is 35.7 Å². The molecule has 1 saturated heterocycles. The molecule has 1 heterocycles. The Hall–Kier alpha value is -2.98. The maximum Gasteiger partial charge on any atom is 0.333 e. The highest BCUT2D eigenvalue weighted by Gasteiger charge is 2.33. The molecule has 11 nitrogen and oxygen atoms in total. The maximum absolute atomic E-state index is 12.7. The van der Waals surface area contributed by atoms with E-state index in [4.69, 9.17) is 19.0 Å². The summed E-state index contributed by atoms with van der Waals surface area (Å²) in [5, 5.41) is 0.423. The van der Waals surface area contributed by atoms with Crippen LogP contribution in [-0.2, 0) is 47.8 Å². The zero-order valence-corrected chi connectivity index (χ0v) is 34.1. The molecule has 1 fully saturated rings. The fourth-order valence-electron chi connectivity index (χ4n) is 6.46. The Labute approximate surface area is 326 Å². The van der Waals surface area contributed by atoms with Crippen molar-refractivity contribution in [3.05, 3.63) is 0 Å². The van der Waals surface area contributed by atoms with Gasteiger partial charge in [0.1, 0.15) is 13.2 Å². The van der Waals surface area contributed by atoms with Crippen LogP contribution in [0.15, 0.2) is 0 Å². The molecular weight excluding hydrogens is 690 g/mol. The molecule has 1 aliphatic rings. The van der Waals surface area contributed by atoms with E-state index in [-0.39, 0.29) is 45.3 Å². The minimum absolute atomic E-state index is 0.0302. The monoisotopic (exact) mass is 766 g/mol. The fourth-order valence-corrected chi connectivity index (χ4v) is 6.46. The summed E-state index contributed by atoms with van der Waals surface area (Å²) in [5.41, 5.74) is 0. The Balaban J connectivity index is 2.34. The number of imide groups is 1. The third kappa shape index (κ3) is 28.5. The lowest BCUT2D eigenvalue weighted by molar-refractivity contribution is -0.197. The zero-order chi connectivity index (χ0) is 39.5. The zero-order valence-electron chi connectivity index (χ0n) is 34.1. The predicted molar refractivity (Wildman–Crippen MR) is 209 cm³/mol. The van der Waals surface area contributed by atoms with Crippen LogP contribution in [0.1, 0.15) is 219 Å². The summed E-state index contributed by atoms with van der Waals surface area (Å²) in [5.74, 6) is -3.74. The molecule has 54 heavy (non-hydrogen) atoms. The SMILES string of the molecule is CCCCCCCCCCCCCCCC(=O)OC[C@H](COC(=O)CCC(=O)ON1C(=O)CCC1=O)OC(=O)CCCCCCCCCCCCCCC. The van der Waals surface area contributed by atoms with Crippen molar-refractivity contribution in [2.24, 2.45) is 0 Å². The number of unbranched alkanes of at least 4 members (excludes halogenated alkanes) is 24. The van der Waals surface area contributed by atoms with E-state index in [2.05, 4.69) is 13.8 Å². The number of esters is 3. The first-order chi connectivity index (χ1) is 26.3. The largest absolute Gasteiger partial charge is 0.462 e. The van der Waals surface area contributed by atoms with Gasteiger partial charge in [0.15, 0.2) is 6.10 Å². The smallest absolute Gasteiger partial charge is 0.333 e. The van der Waals surface area contributed by atoms with Crippen LogP contribution in [0, 0.1) is 0 Å². The molecular formula is C43H75NO10. The van der Waals surface area contributed by atoms with E-state index in [1.807, 2.05) is 0 Å². The quantitative estimate of drug-likeness (QED) is 0.0259. The number of hydrogen-bond donors (Lipinski definition) is 0. The maximum atomic E-state index is 12.7. The number of nitrogens with zero attached hydrogens (tertiary/aromatic N) is 1. The van der Waals surface area contributed by atoms with Crippen LogP contribution < -0.4 is 0 Å². The van der Waals surface area contributed by atoms with Crippen molar-refractivity contribution in [3.63, 3.8) is 0 Å². The predicted octanol–water partition coefficient (Wildman–Crippen LogP) is 10.3. The molecule has 0 saturated carbocycles. The van der Waals surface area contributed by atoms with Crippen molar-refractivity contribution in [1.82, 2.24) is 5.06 Å². The molecule has 0 bridgehead atoms. The minimum atomic E-state index is -0.981. The molecule has 11 heteroatoms. The molecule has 0 unspecified atom stereocenters. The van der Waals surface area contributed by atoms with Crippen LogP contribution in [-0.4, -0.2) is 60.1 Å². The molecule has 0 aliphatic carbocycles. The second-order valence-electron chi connectivity index (χ2n) is 15.0. The van der Waals surface area contributed by atoms with Gasteiger partial charge in [-0.2, -0.15) is 0 Å². The lowest BCUT2D eigenvalue weighted by Gasteiger charge is -2.18. The Kier molecular flexibility index (Phi) is 31.3. The highest BCUT2D eigenvalue weighted by molar-refractivity contribution is 6.01. The molecule has 1 atom stereocenters. The van der Waals surface area contributed by atoms with Crippen LogP contribution in [0.25, 0.3) is 0 Å². The van der Waals surface area contributed by atoms with Gasteiger partial charge >= 0.3 is 23.9 Å². The Morgan fingerprint density at radius 2 is 0.759 bits per heavy atom. The topological polar surface area (TPSA) is 143 Å². The molecule has 0 N–H and O–H groups in total. The molecule has 0 radical (unpaired) electrons. The second kappa shape index (κ2) is 34.5. The van der Waals surface area contributed by atoms with Crippen LogP contribution in [0.4, 0.5) is 0 Å². The molecule has 2 amide bonds. The van der Waals surface area contributed by atoms with Crippen LogP contribution in [0.5, 0.6) is 0 Å². The van der Waals surface area contributed by atoms with E-state index in [0.29, 0.717) is 11.5 Å². The summed E-state index contributed by atoms with van der Waals surface area (Å²) in [4.78, 5) is 77.6. The highest BCUT2D eigenvalue weighted by atomic mass is 16.7. The van der Waals surface area contributed by atoms with Crippen molar-refractivity contribution in [3.8, 4) is 0 Å². The van der Waals surface area contributed by atoms with Gasteiger partial charge in [-0.15, -0.1) is 5.06 Å². The van der Waals surface area contributed by atoms with Crippen molar-refractivity contribution in [2.75, 3.05) is 13.2 Å². The lowest BCUT2D eigenvalue weighted by Crippen LogP contribution is -2.32. The molecule has 0 aromatic carbocycles. The summed E-state index contributed by atoms with van der Waals surface area (Å²) in [6.07, 6.45) is 29.9. The number of carbonyl (C=O) groups excluding carboxylic acids is 6. The van der Waals surface area contributed by atoms with Crippen LogP contribution in [0.3, 0.4) is 0 Å². The summed E-state index contributed by atoms with van der Waals surface area (Å²) in [6, 6.07) is 0. The van der Waals surface area contributed by atoms with E-state index in [9.17, 15) is 28.8 Å². The van der Waals surface area contributed by atoms with Gasteiger partial charge in [-0.3, -0.25) is 24.0 Å². The summed E-state index contributed by atoms with van der Waals surface area (Å²) >= 11 is 0. The minimum Gasteiger partial charge on any atom is -0.462 e. The average Bonchev–Trinajstić information content (AvgIpc) is 3.47. The highest BCUT2D eigenvalue weighted by Crippen LogP contribution is 2.16. The summed E-state index contributed by atoms with van der Waals surface area (Å²) in [6.45, 7) is 3.90. The van der Waals surface area contributed by atoms with Crippen LogP contribution in [0.2, 0.25) is 0 Å². The average molecular weight is 766 g/mol. The van der Waals surface area contributed by atoms with Gasteiger partial charge in [-0.05, 0) is 12.8 Å². The van der Waals surface area contributed by atoms with Gasteiger partial charge < -0.3 is 19.0 Å². The Morgan fingerprint density at radius 3 is 1.15 bits per heavy atom. The van der Waals surface area contributed by atoms with Gasteiger partial charge in [0.2, 0.25) is 0 Å². The molecule has 0 aromatic rings. The summed E-state index contributed by atoms with van der Waals surface area (Å²) in [7, 11) is 0. The number of hydrogen-bond acceptors (Lipinski definition) is 10. The first-order valence-electron chi connectivity index (χ1n) is 21.8.